The normalized spacial score (nSPS) is 17.2. The summed E-state index contributed by atoms with van der Waals surface area (Å²) in [5.41, 5.74) is 1.43. The lowest BCUT2D eigenvalue weighted by molar-refractivity contribution is -0.132. The molecule has 0 aliphatic carbocycles. The Morgan fingerprint density at radius 3 is 2.14 bits per heavy atom. The average Bonchev–Trinajstić information content (AvgIpc) is 3.01. The van der Waals surface area contributed by atoms with Crippen molar-refractivity contribution < 1.29 is 14.7 Å². The number of hydrogen-bond donors (Lipinski definition) is 1. The highest BCUT2D eigenvalue weighted by molar-refractivity contribution is 8.00. The van der Waals surface area contributed by atoms with E-state index in [-0.39, 0.29) is 28.0 Å². The zero-order chi connectivity index (χ0) is 29.6. The van der Waals surface area contributed by atoms with Crippen LogP contribution in [0.4, 0.5) is 5.82 Å². The van der Waals surface area contributed by atoms with Gasteiger partial charge in [-0.2, -0.15) is 0 Å². The fourth-order valence-electron chi connectivity index (χ4n) is 5.97. The second kappa shape index (κ2) is 13.8. The summed E-state index contributed by atoms with van der Waals surface area (Å²) in [6.07, 6.45) is 5.49. The van der Waals surface area contributed by atoms with Crippen LogP contribution in [0.25, 0.3) is 0 Å². The summed E-state index contributed by atoms with van der Waals surface area (Å²) in [4.78, 5) is 37.4. The van der Waals surface area contributed by atoms with Crippen LogP contribution in [0.15, 0.2) is 71.6 Å². The van der Waals surface area contributed by atoms with Crippen molar-refractivity contribution >= 4 is 41.0 Å². The number of aromatic hydroxyl groups is 1. The Balaban J connectivity index is 1.12. The molecule has 2 fully saturated rings. The molecule has 2 saturated heterocycles. The molecule has 5 rings (SSSR count). The quantitative estimate of drug-likeness (QED) is 0.232. The number of phenolic OH excluding ortho intramolecular Hbond substituents is 1. The van der Waals surface area contributed by atoms with E-state index < -0.39 is 0 Å². The van der Waals surface area contributed by atoms with Gasteiger partial charge in [0.15, 0.2) is 0 Å². The molecule has 9 heteroatoms. The topological polar surface area (TPSA) is 77.0 Å². The SMILES string of the molecule is CN(C)C(=O)c1ccc(N2CCC(CC3CCN(C(=O)C(Sc4ccc(O)cc4)c4ccccc4)CC3)CC2)nc1Cl. The van der Waals surface area contributed by atoms with E-state index in [1.165, 1.54) is 11.3 Å². The van der Waals surface area contributed by atoms with Crippen molar-refractivity contribution in [2.75, 3.05) is 45.2 Å². The Hall–Kier alpha value is -3.23. The number of amides is 2. The van der Waals surface area contributed by atoms with Gasteiger partial charge in [-0.05, 0) is 85.9 Å². The highest BCUT2D eigenvalue weighted by atomic mass is 35.5. The lowest BCUT2D eigenvalue weighted by Gasteiger charge is -2.38. The number of benzene rings is 2. The largest absolute Gasteiger partial charge is 0.508 e. The van der Waals surface area contributed by atoms with Crippen molar-refractivity contribution in [2.24, 2.45) is 11.8 Å². The molecule has 1 aromatic heterocycles. The smallest absolute Gasteiger partial charge is 0.256 e. The van der Waals surface area contributed by atoms with E-state index in [0.717, 1.165) is 68.1 Å². The first-order chi connectivity index (χ1) is 20.3. The number of rotatable bonds is 8. The number of hydrogen-bond acceptors (Lipinski definition) is 6. The van der Waals surface area contributed by atoms with Crippen LogP contribution in [-0.4, -0.2) is 72.0 Å². The molecule has 0 spiro atoms. The van der Waals surface area contributed by atoms with Crippen molar-refractivity contribution in [1.82, 2.24) is 14.8 Å². The minimum Gasteiger partial charge on any atom is -0.508 e. The van der Waals surface area contributed by atoms with Crippen molar-refractivity contribution in [2.45, 2.75) is 42.2 Å². The summed E-state index contributed by atoms with van der Waals surface area (Å²) >= 11 is 7.90. The number of thioether (sulfide) groups is 1. The number of pyridine rings is 1. The first-order valence-electron chi connectivity index (χ1n) is 14.7. The molecule has 3 heterocycles. The van der Waals surface area contributed by atoms with E-state index in [9.17, 15) is 14.7 Å². The molecule has 2 aromatic carbocycles. The third-order valence-electron chi connectivity index (χ3n) is 8.42. The van der Waals surface area contributed by atoms with Crippen LogP contribution in [0.5, 0.6) is 5.75 Å². The van der Waals surface area contributed by atoms with E-state index in [2.05, 4.69) is 9.88 Å². The Kier molecular flexibility index (Phi) is 9.95. The van der Waals surface area contributed by atoms with Crippen LogP contribution in [-0.2, 0) is 4.79 Å². The van der Waals surface area contributed by atoms with Crippen molar-refractivity contribution in [1.29, 1.82) is 0 Å². The second-order valence-corrected chi connectivity index (χ2v) is 13.1. The predicted molar refractivity (Wildman–Crippen MR) is 169 cm³/mol. The molecule has 2 amide bonds. The van der Waals surface area contributed by atoms with E-state index in [1.807, 2.05) is 53.4 Å². The molecular formula is C33H39ClN4O3S. The molecule has 0 bridgehead atoms. The highest BCUT2D eigenvalue weighted by Crippen LogP contribution is 2.39. The maximum absolute atomic E-state index is 13.8. The summed E-state index contributed by atoms with van der Waals surface area (Å²) in [7, 11) is 3.42. The molecule has 7 nitrogen and oxygen atoms in total. The zero-order valence-electron chi connectivity index (χ0n) is 24.3. The Morgan fingerprint density at radius 1 is 0.929 bits per heavy atom. The van der Waals surface area contributed by atoms with Gasteiger partial charge in [0.1, 0.15) is 22.0 Å². The minimum absolute atomic E-state index is 0.141. The molecule has 1 atom stereocenters. The number of likely N-dealkylation sites (tertiary alicyclic amines) is 1. The van der Waals surface area contributed by atoms with E-state index in [4.69, 9.17) is 11.6 Å². The highest BCUT2D eigenvalue weighted by Gasteiger charge is 2.32. The van der Waals surface area contributed by atoms with Gasteiger partial charge in [-0.1, -0.05) is 41.9 Å². The third kappa shape index (κ3) is 7.39. The molecular weight excluding hydrogens is 568 g/mol. The standard InChI is InChI=1S/C33H39ClN4O3S/c1-36(2)32(40)28-12-13-29(35-31(28)34)37-18-14-23(15-19-37)22-24-16-20-38(21-17-24)33(41)30(25-6-4-3-5-7-25)42-27-10-8-26(39)9-11-27/h3-13,23-24,30,39H,14-22H2,1-2H3. The van der Waals surface area contributed by atoms with Crippen molar-refractivity contribution in [3.8, 4) is 5.75 Å². The van der Waals surface area contributed by atoms with Gasteiger partial charge in [0.05, 0.1) is 5.56 Å². The van der Waals surface area contributed by atoms with Crippen LogP contribution in [0.3, 0.4) is 0 Å². The zero-order valence-corrected chi connectivity index (χ0v) is 25.9. The summed E-state index contributed by atoms with van der Waals surface area (Å²) < 4.78 is 0. The van der Waals surface area contributed by atoms with Gasteiger partial charge in [0.2, 0.25) is 5.91 Å². The minimum atomic E-state index is -0.311. The second-order valence-electron chi connectivity index (χ2n) is 11.5. The summed E-state index contributed by atoms with van der Waals surface area (Å²) in [5.74, 6) is 2.38. The molecule has 222 valence electrons. The van der Waals surface area contributed by atoms with Gasteiger partial charge in [0, 0.05) is 45.2 Å². The Labute approximate surface area is 257 Å². The molecule has 3 aromatic rings. The number of aromatic nitrogens is 1. The van der Waals surface area contributed by atoms with Crippen molar-refractivity contribution in [3.05, 3.63) is 83.0 Å². The maximum Gasteiger partial charge on any atom is 0.256 e. The molecule has 2 aliphatic heterocycles. The summed E-state index contributed by atoms with van der Waals surface area (Å²) in [5, 5.41) is 9.62. The number of phenols is 1. The lowest BCUT2D eigenvalue weighted by Crippen LogP contribution is -2.41. The third-order valence-corrected chi connectivity index (χ3v) is 9.96. The number of carbonyl (C=O) groups excluding carboxylic acids is 2. The van der Waals surface area contributed by atoms with Gasteiger partial charge in [0.25, 0.3) is 5.91 Å². The van der Waals surface area contributed by atoms with Gasteiger partial charge in [-0.15, -0.1) is 11.8 Å². The van der Waals surface area contributed by atoms with E-state index in [1.54, 1.807) is 44.1 Å². The lowest BCUT2D eigenvalue weighted by atomic mass is 9.82. The van der Waals surface area contributed by atoms with Crippen molar-refractivity contribution in [3.63, 3.8) is 0 Å². The molecule has 1 unspecified atom stereocenters. The summed E-state index contributed by atoms with van der Waals surface area (Å²) in [6, 6.07) is 20.7. The van der Waals surface area contributed by atoms with Crippen LogP contribution >= 0.6 is 23.4 Å². The first-order valence-corrected chi connectivity index (χ1v) is 16.0. The van der Waals surface area contributed by atoms with Gasteiger partial charge >= 0.3 is 0 Å². The van der Waals surface area contributed by atoms with Gasteiger partial charge in [-0.3, -0.25) is 9.59 Å². The molecule has 42 heavy (non-hydrogen) atoms. The average molecular weight is 607 g/mol. The number of halogens is 1. The molecule has 1 N–H and O–H groups in total. The van der Waals surface area contributed by atoms with Crippen LogP contribution in [0.2, 0.25) is 5.15 Å². The maximum atomic E-state index is 13.8. The fraction of sp³-hybridized carbons (Fsp3) is 0.424. The molecule has 0 radical (unpaired) electrons. The van der Waals surface area contributed by atoms with E-state index >= 15 is 0 Å². The van der Waals surface area contributed by atoms with Crippen LogP contribution in [0.1, 0.15) is 53.3 Å². The molecule has 0 saturated carbocycles. The van der Waals surface area contributed by atoms with Crippen LogP contribution < -0.4 is 4.90 Å². The Bertz CT molecular complexity index is 1360. The summed E-state index contributed by atoms with van der Waals surface area (Å²) in [6.45, 7) is 3.45. The number of anilines is 1. The first kappa shape index (κ1) is 30.2. The Morgan fingerprint density at radius 2 is 1.55 bits per heavy atom. The van der Waals surface area contributed by atoms with Gasteiger partial charge < -0.3 is 19.8 Å². The number of carbonyl (C=O) groups is 2. The van der Waals surface area contributed by atoms with Crippen LogP contribution in [0, 0.1) is 11.8 Å². The van der Waals surface area contributed by atoms with Gasteiger partial charge in [-0.25, -0.2) is 4.98 Å². The molecule has 2 aliphatic rings. The monoisotopic (exact) mass is 606 g/mol. The fourth-order valence-corrected chi connectivity index (χ4v) is 7.31. The van der Waals surface area contributed by atoms with E-state index in [0.29, 0.717) is 17.4 Å². The number of nitrogens with zero attached hydrogens (tertiary/aromatic N) is 4. The number of piperidine rings is 2. The predicted octanol–water partition coefficient (Wildman–Crippen LogP) is 6.52.